The van der Waals surface area contributed by atoms with Gasteiger partial charge in [0.1, 0.15) is 5.82 Å². The molecule has 1 saturated carbocycles. The Hall–Kier alpha value is -1.83. The van der Waals surface area contributed by atoms with Crippen LogP contribution in [0.15, 0.2) is 11.4 Å². The smallest absolute Gasteiger partial charge is 0.220 e. The molecule has 0 saturated heterocycles. The highest BCUT2D eigenvalue weighted by molar-refractivity contribution is 7.99. The second-order valence-electron chi connectivity index (χ2n) is 8.45. The van der Waals surface area contributed by atoms with E-state index in [1.54, 1.807) is 11.8 Å². The van der Waals surface area contributed by atoms with Crippen molar-refractivity contribution in [2.75, 3.05) is 18.4 Å². The number of hydrogen-bond acceptors (Lipinski definition) is 6. The third-order valence-electron chi connectivity index (χ3n) is 5.51. The first-order valence-corrected chi connectivity index (χ1v) is 12.4. The maximum Gasteiger partial charge on any atom is 0.220 e. The number of rotatable bonds is 11. The fourth-order valence-electron chi connectivity index (χ4n) is 3.94. The Balaban J connectivity index is 1.58. The summed E-state index contributed by atoms with van der Waals surface area (Å²) in [6, 6.07) is 0. The molecule has 1 amide bonds. The molecular formula is C22H36N6OS. The number of aromatic nitrogens is 4. The summed E-state index contributed by atoms with van der Waals surface area (Å²) in [7, 11) is 0. The van der Waals surface area contributed by atoms with Gasteiger partial charge < -0.3 is 10.6 Å². The number of nitrogens with zero attached hydrogens (tertiary/aromatic N) is 4. The monoisotopic (exact) mass is 432 g/mol. The van der Waals surface area contributed by atoms with E-state index in [-0.39, 0.29) is 5.91 Å². The summed E-state index contributed by atoms with van der Waals surface area (Å²) in [4.78, 5) is 21.7. The summed E-state index contributed by atoms with van der Waals surface area (Å²) < 4.78 is 1.87. The van der Waals surface area contributed by atoms with Gasteiger partial charge in [0.15, 0.2) is 10.8 Å². The number of hydrogen-bond donors (Lipinski definition) is 2. The molecular weight excluding hydrogens is 396 g/mol. The number of nitrogens with one attached hydrogen (secondary N) is 2. The van der Waals surface area contributed by atoms with Gasteiger partial charge in [-0.3, -0.25) is 4.79 Å². The molecule has 0 aliphatic heterocycles. The lowest BCUT2D eigenvalue weighted by Gasteiger charge is -2.20. The maximum atomic E-state index is 12.2. The maximum absolute atomic E-state index is 12.2. The normalized spacial score (nSPS) is 15.1. The Morgan fingerprint density at radius 2 is 2.03 bits per heavy atom. The lowest BCUT2D eigenvalue weighted by atomic mass is 9.86. The van der Waals surface area contributed by atoms with Gasteiger partial charge in [0.2, 0.25) is 5.91 Å². The van der Waals surface area contributed by atoms with Gasteiger partial charge in [-0.1, -0.05) is 64.6 Å². The molecule has 2 aromatic heterocycles. The third-order valence-corrected chi connectivity index (χ3v) is 6.37. The molecule has 0 unspecified atom stereocenters. The van der Waals surface area contributed by atoms with Gasteiger partial charge >= 0.3 is 0 Å². The van der Waals surface area contributed by atoms with E-state index >= 15 is 0 Å². The van der Waals surface area contributed by atoms with E-state index < -0.39 is 0 Å². The highest BCUT2D eigenvalue weighted by Crippen LogP contribution is 2.28. The van der Waals surface area contributed by atoms with Crippen LogP contribution in [0.2, 0.25) is 0 Å². The van der Waals surface area contributed by atoms with Crippen molar-refractivity contribution < 1.29 is 4.79 Å². The van der Waals surface area contributed by atoms with Crippen molar-refractivity contribution >= 4 is 34.5 Å². The van der Waals surface area contributed by atoms with E-state index in [9.17, 15) is 4.79 Å². The number of amides is 1. The molecule has 0 bridgehead atoms. The molecule has 0 spiro atoms. The first-order chi connectivity index (χ1) is 14.6. The molecule has 30 heavy (non-hydrogen) atoms. The zero-order valence-electron chi connectivity index (χ0n) is 18.6. The number of fused-ring (bicyclic) bond motifs is 1. The zero-order valence-corrected chi connectivity index (χ0v) is 19.4. The van der Waals surface area contributed by atoms with E-state index in [1.165, 1.54) is 32.1 Å². The van der Waals surface area contributed by atoms with Gasteiger partial charge in [0.25, 0.3) is 0 Å². The molecule has 7 nitrogen and oxygen atoms in total. The summed E-state index contributed by atoms with van der Waals surface area (Å²) >= 11 is 1.65. The highest BCUT2D eigenvalue weighted by atomic mass is 32.2. The fourth-order valence-corrected chi connectivity index (χ4v) is 4.65. The van der Waals surface area contributed by atoms with Crippen molar-refractivity contribution in [3.05, 3.63) is 6.20 Å². The predicted molar refractivity (Wildman–Crippen MR) is 124 cm³/mol. The van der Waals surface area contributed by atoms with Gasteiger partial charge in [0.05, 0.1) is 18.1 Å². The van der Waals surface area contributed by atoms with Crippen molar-refractivity contribution in [1.82, 2.24) is 25.1 Å². The summed E-state index contributed by atoms with van der Waals surface area (Å²) in [6.07, 6.45) is 11.1. The molecule has 0 radical (unpaired) electrons. The second-order valence-corrected chi connectivity index (χ2v) is 9.99. The Morgan fingerprint density at radius 1 is 1.23 bits per heavy atom. The predicted octanol–water partition coefficient (Wildman–Crippen LogP) is 4.63. The van der Waals surface area contributed by atoms with Gasteiger partial charge in [-0.15, -0.1) is 0 Å². The summed E-state index contributed by atoms with van der Waals surface area (Å²) in [5.41, 5.74) is 0.822. The Kier molecular flexibility index (Phi) is 8.78. The van der Waals surface area contributed by atoms with Crippen LogP contribution in [0.5, 0.6) is 0 Å². The molecule has 2 N–H and O–H groups in total. The van der Waals surface area contributed by atoms with Crippen molar-refractivity contribution in [3.8, 4) is 0 Å². The first kappa shape index (κ1) is 22.8. The van der Waals surface area contributed by atoms with Crippen LogP contribution >= 0.6 is 11.8 Å². The van der Waals surface area contributed by atoms with Crippen LogP contribution in [0.25, 0.3) is 11.0 Å². The highest BCUT2D eigenvalue weighted by Gasteiger charge is 2.16. The molecule has 8 heteroatoms. The third kappa shape index (κ3) is 6.59. The Bertz CT molecular complexity index is 815. The number of carbonyl (C=O) groups is 1. The zero-order chi connectivity index (χ0) is 21.3. The minimum atomic E-state index is 0.146. The molecule has 0 aromatic carbocycles. The lowest BCUT2D eigenvalue weighted by Crippen LogP contribution is -2.28. The van der Waals surface area contributed by atoms with Crippen molar-refractivity contribution in [2.45, 2.75) is 89.1 Å². The lowest BCUT2D eigenvalue weighted by molar-refractivity contribution is -0.121. The molecule has 1 aliphatic carbocycles. The van der Waals surface area contributed by atoms with Crippen LogP contribution in [-0.4, -0.2) is 44.0 Å². The van der Waals surface area contributed by atoms with Gasteiger partial charge in [-0.25, -0.2) is 14.6 Å². The second kappa shape index (κ2) is 11.5. The van der Waals surface area contributed by atoms with Crippen LogP contribution in [0.1, 0.15) is 72.1 Å². The minimum absolute atomic E-state index is 0.146. The van der Waals surface area contributed by atoms with Crippen LogP contribution in [-0.2, 0) is 11.3 Å². The first-order valence-electron chi connectivity index (χ1n) is 11.5. The van der Waals surface area contributed by atoms with Crippen molar-refractivity contribution in [3.63, 3.8) is 0 Å². The molecule has 3 rings (SSSR count). The topological polar surface area (TPSA) is 84.7 Å². The van der Waals surface area contributed by atoms with Crippen LogP contribution in [0.3, 0.4) is 0 Å². The molecule has 2 heterocycles. The number of carbonyl (C=O) groups excluding carboxylic acids is 1. The quantitative estimate of drug-likeness (QED) is 0.398. The van der Waals surface area contributed by atoms with Crippen LogP contribution in [0.4, 0.5) is 5.82 Å². The van der Waals surface area contributed by atoms with Gasteiger partial charge in [-0.2, -0.15) is 5.10 Å². The average Bonchev–Trinajstić information content (AvgIpc) is 3.14. The standard InChI is InChI=1S/C22H36N6OS/c1-4-12-24-20-18-15-25-28(21(18)27-22(26-20)30-16(2)3)14-13-23-19(29)11-10-17-8-6-5-7-9-17/h15-17H,4-14H2,1-3H3,(H,23,29)(H,24,26,27). The Labute approximate surface area is 184 Å². The summed E-state index contributed by atoms with van der Waals surface area (Å²) in [6.45, 7) is 8.44. The summed E-state index contributed by atoms with van der Waals surface area (Å²) in [5.74, 6) is 1.72. The molecule has 1 fully saturated rings. The van der Waals surface area contributed by atoms with Crippen molar-refractivity contribution in [1.29, 1.82) is 0 Å². The van der Waals surface area contributed by atoms with Gasteiger partial charge in [-0.05, 0) is 18.8 Å². The van der Waals surface area contributed by atoms with Crippen LogP contribution in [0, 0.1) is 5.92 Å². The van der Waals surface area contributed by atoms with E-state index in [2.05, 4.69) is 41.5 Å². The van der Waals surface area contributed by atoms with E-state index in [0.29, 0.717) is 24.8 Å². The van der Waals surface area contributed by atoms with Gasteiger partial charge in [0, 0.05) is 24.8 Å². The van der Waals surface area contributed by atoms with Crippen LogP contribution < -0.4 is 10.6 Å². The fraction of sp³-hybridized carbons (Fsp3) is 0.727. The van der Waals surface area contributed by atoms with E-state index in [1.807, 2.05) is 10.9 Å². The average molecular weight is 433 g/mol. The molecule has 166 valence electrons. The van der Waals surface area contributed by atoms with Crippen molar-refractivity contribution in [2.24, 2.45) is 5.92 Å². The molecule has 0 atom stereocenters. The largest absolute Gasteiger partial charge is 0.369 e. The summed E-state index contributed by atoms with van der Waals surface area (Å²) in [5, 5.41) is 13.1. The SMILES string of the molecule is CCCNc1nc(SC(C)C)nc2c1cnn2CCNC(=O)CCC1CCCCC1. The number of thioether (sulfide) groups is 1. The minimum Gasteiger partial charge on any atom is -0.369 e. The van der Waals surface area contributed by atoms with E-state index in [4.69, 9.17) is 4.98 Å². The molecule has 1 aliphatic rings. The Morgan fingerprint density at radius 3 is 2.77 bits per heavy atom. The molecule has 2 aromatic rings. The number of anilines is 1. The van der Waals surface area contributed by atoms with E-state index in [0.717, 1.165) is 47.3 Å².